The number of hydrogen-bond donors (Lipinski definition) is 3. The molecule has 7 nitrogen and oxygen atoms in total. The third kappa shape index (κ3) is 7.70. The van der Waals surface area contributed by atoms with Crippen LogP contribution >= 0.6 is 0 Å². The second-order valence-corrected chi connectivity index (χ2v) is 9.74. The summed E-state index contributed by atoms with van der Waals surface area (Å²) in [5, 5.41) is 5.56. The first-order valence-corrected chi connectivity index (χ1v) is 13.3. The smallest absolute Gasteiger partial charge is 0.258 e. The summed E-state index contributed by atoms with van der Waals surface area (Å²) < 4.78 is 5.36. The van der Waals surface area contributed by atoms with Crippen LogP contribution < -0.4 is 21.1 Å². The van der Waals surface area contributed by atoms with E-state index in [9.17, 15) is 9.59 Å². The van der Waals surface area contributed by atoms with Crippen molar-refractivity contribution in [2.24, 2.45) is 10.7 Å². The Labute approximate surface area is 240 Å². The van der Waals surface area contributed by atoms with Crippen molar-refractivity contribution < 1.29 is 14.3 Å². The predicted molar refractivity (Wildman–Crippen MR) is 166 cm³/mol. The summed E-state index contributed by atoms with van der Waals surface area (Å²) >= 11 is 0. The van der Waals surface area contributed by atoms with E-state index in [0.29, 0.717) is 28.3 Å². The van der Waals surface area contributed by atoms with E-state index < -0.39 is 5.91 Å². The maximum atomic E-state index is 13.0. The molecule has 4 N–H and O–H groups in total. The van der Waals surface area contributed by atoms with Gasteiger partial charge in [-0.2, -0.15) is 0 Å². The van der Waals surface area contributed by atoms with E-state index in [2.05, 4.69) is 39.9 Å². The van der Waals surface area contributed by atoms with Crippen molar-refractivity contribution in [1.82, 2.24) is 5.32 Å². The third-order valence-electron chi connectivity index (χ3n) is 6.74. The van der Waals surface area contributed by atoms with Crippen molar-refractivity contribution in [3.63, 3.8) is 0 Å². The molecule has 0 unspecified atom stereocenters. The number of benzene rings is 4. The lowest BCUT2D eigenvalue weighted by atomic mass is 10.0. The summed E-state index contributed by atoms with van der Waals surface area (Å²) in [5.74, 6) is -0.0674. The van der Waals surface area contributed by atoms with Gasteiger partial charge in [0, 0.05) is 16.8 Å². The van der Waals surface area contributed by atoms with Gasteiger partial charge in [0.2, 0.25) is 5.96 Å². The van der Waals surface area contributed by atoms with Crippen molar-refractivity contribution in [2.75, 3.05) is 12.4 Å². The molecule has 208 valence electrons. The van der Waals surface area contributed by atoms with E-state index in [0.717, 1.165) is 34.2 Å². The molecule has 4 aromatic rings. The van der Waals surface area contributed by atoms with Gasteiger partial charge in [0.1, 0.15) is 5.75 Å². The largest absolute Gasteiger partial charge is 0.496 e. The minimum atomic E-state index is -0.396. The maximum absolute atomic E-state index is 13.0. The topological polar surface area (TPSA) is 106 Å². The standard InChI is InChI=1S/C34H34N4O3/c1-22-13-18-29(36-34(35)38-33(40)28-19-23(2)24(3)31(20-28)41-4)21-30(22)37-32(39)27-16-14-26(15-17-27)12-8-11-25-9-6-5-7-10-25/h5-11,13-21H,12H2,1-4H3,(H,37,39)(H3,35,36,38,40)/b11-8+. The van der Waals surface area contributed by atoms with Crippen LogP contribution in [0.4, 0.5) is 11.4 Å². The Kier molecular flexibility index (Phi) is 9.32. The molecule has 0 aliphatic carbocycles. The van der Waals surface area contributed by atoms with Gasteiger partial charge in [-0.3, -0.25) is 14.9 Å². The monoisotopic (exact) mass is 546 g/mol. The molecule has 41 heavy (non-hydrogen) atoms. The van der Waals surface area contributed by atoms with Gasteiger partial charge in [-0.05, 0) is 91.4 Å². The number of nitrogens with zero attached hydrogens (tertiary/aromatic N) is 1. The molecule has 0 bridgehead atoms. The molecule has 0 heterocycles. The van der Waals surface area contributed by atoms with Crippen molar-refractivity contribution in [3.8, 4) is 5.75 Å². The molecule has 0 saturated heterocycles. The number of aryl methyl sites for hydroxylation is 2. The molecule has 0 radical (unpaired) electrons. The van der Waals surface area contributed by atoms with Gasteiger partial charge in [-0.25, -0.2) is 4.99 Å². The molecule has 0 spiro atoms. The fraction of sp³-hybridized carbons (Fsp3) is 0.147. The molecular formula is C34H34N4O3. The first-order valence-electron chi connectivity index (χ1n) is 13.3. The average Bonchev–Trinajstić information content (AvgIpc) is 2.97. The van der Waals surface area contributed by atoms with Crippen LogP contribution in [0.25, 0.3) is 6.08 Å². The summed E-state index contributed by atoms with van der Waals surface area (Å²) in [5.41, 5.74) is 13.1. The fourth-order valence-corrected chi connectivity index (χ4v) is 4.22. The van der Waals surface area contributed by atoms with Gasteiger partial charge >= 0.3 is 0 Å². The highest BCUT2D eigenvalue weighted by molar-refractivity contribution is 6.07. The lowest BCUT2D eigenvalue weighted by Crippen LogP contribution is -2.36. The Hall–Kier alpha value is -5.17. The van der Waals surface area contributed by atoms with E-state index in [1.54, 1.807) is 31.4 Å². The maximum Gasteiger partial charge on any atom is 0.258 e. The van der Waals surface area contributed by atoms with Crippen LogP contribution in [0.3, 0.4) is 0 Å². The second kappa shape index (κ2) is 13.3. The number of guanidine groups is 1. The van der Waals surface area contributed by atoms with Crippen LogP contribution in [-0.4, -0.2) is 24.9 Å². The van der Waals surface area contributed by atoms with Crippen molar-refractivity contribution in [2.45, 2.75) is 27.2 Å². The summed E-state index contributed by atoms with van der Waals surface area (Å²) in [6.45, 7) is 5.73. The molecule has 0 aromatic heterocycles. The third-order valence-corrected chi connectivity index (χ3v) is 6.74. The molecule has 0 saturated carbocycles. The number of allylic oxidation sites excluding steroid dienone is 1. The highest BCUT2D eigenvalue weighted by Crippen LogP contribution is 2.24. The summed E-state index contributed by atoms with van der Waals surface area (Å²) in [6, 6.07) is 26.4. The van der Waals surface area contributed by atoms with E-state index in [1.165, 1.54) is 0 Å². The molecule has 7 heteroatoms. The van der Waals surface area contributed by atoms with Crippen LogP contribution in [0.5, 0.6) is 5.75 Å². The molecule has 4 rings (SSSR count). The van der Waals surface area contributed by atoms with E-state index in [4.69, 9.17) is 10.5 Å². The number of rotatable bonds is 8. The Morgan fingerprint density at radius 3 is 2.29 bits per heavy atom. The zero-order chi connectivity index (χ0) is 29.4. The Balaban J connectivity index is 1.40. The highest BCUT2D eigenvalue weighted by atomic mass is 16.5. The number of ether oxygens (including phenoxy) is 1. The predicted octanol–water partition coefficient (Wildman–Crippen LogP) is 6.50. The van der Waals surface area contributed by atoms with Crippen molar-refractivity contribution >= 4 is 35.2 Å². The van der Waals surface area contributed by atoms with Crippen LogP contribution in [0.2, 0.25) is 0 Å². The number of nitrogens with two attached hydrogens (primary N) is 1. The Bertz CT molecular complexity index is 1610. The first kappa shape index (κ1) is 28.8. The van der Waals surface area contributed by atoms with Gasteiger partial charge in [0.05, 0.1) is 12.8 Å². The zero-order valence-corrected chi connectivity index (χ0v) is 23.7. The van der Waals surface area contributed by atoms with Gasteiger partial charge in [0.25, 0.3) is 11.8 Å². The van der Waals surface area contributed by atoms with E-state index in [1.807, 2.05) is 69.3 Å². The minimum absolute atomic E-state index is 0.0646. The van der Waals surface area contributed by atoms with Crippen molar-refractivity contribution in [3.05, 3.63) is 130 Å². The van der Waals surface area contributed by atoms with Crippen molar-refractivity contribution in [1.29, 1.82) is 0 Å². The average molecular weight is 547 g/mol. The molecule has 0 fully saturated rings. The molecule has 2 amide bonds. The number of nitrogens with one attached hydrogen (secondary N) is 2. The lowest BCUT2D eigenvalue weighted by Gasteiger charge is -2.12. The molecule has 4 aromatic carbocycles. The SMILES string of the molecule is COc1cc(C(=O)NC(N)=Nc2ccc(C)c(NC(=O)c3ccc(C/C=C/c4ccccc4)cc3)c2)cc(C)c1C. The number of methoxy groups -OCH3 is 1. The number of amides is 2. The van der Waals surface area contributed by atoms with Crippen LogP contribution in [-0.2, 0) is 6.42 Å². The minimum Gasteiger partial charge on any atom is -0.496 e. The molecule has 0 aliphatic heterocycles. The first-order chi connectivity index (χ1) is 19.7. The summed E-state index contributed by atoms with van der Waals surface area (Å²) in [7, 11) is 1.56. The lowest BCUT2D eigenvalue weighted by molar-refractivity contribution is 0.0975. The summed E-state index contributed by atoms with van der Waals surface area (Å²) in [4.78, 5) is 30.0. The molecule has 0 atom stereocenters. The van der Waals surface area contributed by atoms with Gasteiger partial charge < -0.3 is 15.8 Å². The number of aliphatic imine (C=N–C) groups is 1. The normalized spacial score (nSPS) is 11.4. The van der Waals surface area contributed by atoms with Crippen LogP contribution in [0, 0.1) is 20.8 Å². The number of hydrogen-bond acceptors (Lipinski definition) is 4. The van der Waals surface area contributed by atoms with E-state index in [-0.39, 0.29) is 11.9 Å². The highest BCUT2D eigenvalue weighted by Gasteiger charge is 2.13. The van der Waals surface area contributed by atoms with Gasteiger partial charge in [0.15, 0.2) is 0 Å². The van der Waals surface area contributed by atoms with Crippen LogP contribution in [0.1, 0.15) is 48.5 Å². The Morgan fingerprint density at radius 1 is 0.854 bits per heavy atom. The quantitative estimate of drug-likeness (QED) is 0.173. The van der Waals surface area contributed by atoms with Crippen LogP contribution in [0.15, 0.2) is 96.0 Å². The van der Waals surface area contributed by atoms with Gasteiger partial charge in [-0.1, -0.05) is 60.7 Å². The fourth-order valence-electron chi connectivity index (χ4n) is 4.22. The number of anilines is 1. The number of carbonyl (C=O) groups excluding carboxylic acids is 2. The summed E-state index contributed by atoms with van der Waals surface area (Å²) in [6.07, 6.45) is 4.95. The second-order valence-electron chi connectivity index (χ2n) is 9.74. The Morgan fingerprint density at radius 2 is 1.59 bits per heavy atom. The van der Waals surface area contributed by atoms with E-state index >= 15 is 0 Å². The zero-order valence-electron chi connectivity index (χ0n) is 23.7. The molecule has 0 aliphatic rings. The van der Waals surface area contributed by atoms with Gasteiger partial charge in [-0.15, -0.1) is 0 Å². The number of carbonyl (C=O) groups is 2. The molecular weight excluding hydrogens is 512 g/mol.